The van der Waals surface area contributed by atoms with Crippen LogP contribution in [0.25, 0.3) is 54.5 Å². The second-order valence-corrected chi connectivity index (χ2v) is 8.11. The lowest BCUT2D eigenvalue weighted by Crippen LogP contribution is -1.99. The lowest BCUT2D eigenvalue weighted by atomic mass is 9.98. The van der Waals surface area contributed by atoms with Crippen LogP contribution in [0.3, 0.4) is 0 Å². The number of nitrogens with one attached hydrogen (secondary N) is 2. The summed E-state index contributed by atoms with van der Waals surface area (Å²) >= 11 is 1.65. The number of fused-ring (bicyclic) bond motifs is 4. The van der Waals surface area contributed by atoms with Crippen molar-refractivity contribution >= 4 is 44.1 Å². The summed E-state index contributed by atoms with van der Waals surface area (Å²) in [5, 5.41) is 4.65. The molecule has 4 heterocycles. The van der Waals surface area contributed by atoms with Crippen molar-refractivity contribution in [3.05, 3.63) is 82.2 Å². The molecule has 6 aromatic rings. The monoisotopic (exact) mass is 396 g/mol. The molecule has 0 atom stereocenters. The van der Waals surface area contributed by atoms with Gasteiger partial charge in [-0.25, -0.2) is 4.79 Å². The normalized spacial score (nSPS) is 11.8. The first-order valence-corrected chi connectivity index (χ1v) is 10.3. The smallest absolute Gasteiger partial charge is 0.346 e. The highest BCUT2D eigenvalue weighted by molar-refractivity contribution is 7.13. The van der Waals surface area contributed by atoms with Gasteiger partial charge in [0.2, 0.25) is 0 Å². The Labute approximate surface area is 169 Å². The molecule has 0 saturated heterocycles. The molecular weight excluding hydrogens is 380 g/mol. The van der Waals surface area contributed by atoms with E-state index in [1.165, 1.54) is 0 Å². The molecule has 0 fully saturated rings. The molecule has 0 amide bonds. The Morgan fingerprint density at radius 1 is 0.862 bits per heavy atom. The van der Waals surface area contributed by atoms with Crippen molar-refractivity contribution in [3.63, 3.8) is 0 Å². The molecule has 0 aliphatic heterocycles. The van der Waals surface area contributed by atoms with E-state index in [0.29, 0.717) is 11.0 Å². The minimum absolute atomic E-state index is 0.322. The number of thiophene rings is 1. The number of rotatable bonds is 2. The van der Waals surface area contributed by atoms with Crippen molar-refractivity contribution in [1.29, 1.82) is 0 Å². The first kappa shape index (κ1) is 16.4. The third-order valence-electron chi connectivity index (χ3n) is 5.47. The van der Waals surface area contributed by atoms with E-state index in [1.54, 1.807) is 11.3 Å². The summed E-state index contributed by atoms with van der Waals surface area (Å²) in [4.78, 5) is 21.3. The Hall–Kier alpha value is -3.57. The number of benzene rings is 2. The fraction of sp³-hybridized carbons (Fsp3) is 0.0417. The Balaban J connectivity index is 1.87. The Morgan fingerprint density at radius 2 is 1.66 bits per heavy atom. The quantitative estimate of drug-likeness (QED) is 0.330. The van der Waals surface area contributed by atoms with Crippen LogP contribution >= 0.6 is 11.3 Å². The van der Waals surface area contributed by atoms with Gasteiger partial charge in [0.1, 0.15) is 5.58 Å². The molecule has 4 aromatic heterocycles. The molecular formula is C24H16N2O2S. The maximum Gasteiger partial charge on any atom is 0.346 e. The van der Waals surface area contributed by atoms with Crippen LogP contribution in [0.4, 0.5) is 0 Å². The average Bonchev–Trinajstić information content (AvgIpc) is 3.44. The second-order valence-electron chi connectivity index (χ2n) is 7.16. The van der Waals surface area contributed by atoms with Gasteiger partial charge in [-0.15, -0.1) is 11.3 Å². The Morgan fingerprint density at radius 3 is 2.48 bits per heavy atom. The second kappa shape index (κ2) is 5.96. The van der Waals surface area contributed by atoms with Crippen LogP contribution in [-0.2, 0) is 0 Å². The molecule has 4 nitrogen and oxygen atoms in total. The molecule has 0 bridgehead atoms. The van der Waals surface area contributed by atoms with Gasteiger partial charge < -0.3 is 14.4 Å². The average molecular weight is 396 g/mol. The highest BCUT2D eigenvalue weighted by Crippen LogP contribution is 2.44. The van der Waals surface area contributed by atoms with Crippen molar-refractivity contribution in [2.24, 2.45) is 0 Å². The number of aryl methyl sites for hydroxylation is 1. The van der Waals surface area contributed by atoms with Crippen LogP contribution in [0.2, 0.25) is 0 Å². The van der Waals surface area contributed by atoms with Gasteiger partial charge in [0.25, 0.3) is 0 Å². The third-order valence-corrected chi connectivity index (χ3v) is 6.36. The van der Waals surface area contributed by atoms with Crippen molar-refractivity contribution in [3.8, 4) is 21.7 Å². The number of hydrogen-bond donors (Lipinski definition) is 2. The van der Waals surface area contributed by atoms with Crippen molar-refractivity contribution < 1.29 is 4.42 Å². The zero-order valence-electron chi connectivity index (χ0n) is 15.6. The maximum absolute atomic E-state index is 13.1. The van der Waals surface area contributed by atoms with Gasteiger partial charge in [-0.1, -0.05) is 36.4 Å². The molecule has 29 heavy (non-hydrogen) atoms. The van der Waals surface area contributed by atoms with Crippen LogP contribution in [0, 0.1) is 6.92 Å². The predicted molar refractivity (Wildman–Crippen MR) is 120 cm³/mol. The molecule has 0 saturated carbocycles. The summed E-state index contributed by atoms with van der Waals surface area (Å²) in [5.41, 5.74) is 6.05. The van der Waals surface area contributed by atoms with Crippen molar-refractivity contribution in [2.75, 3.05) is 0 Å². The minimum Gasteiger partial charge on any atom is -0.422 e. The summed E-state index contributed by atoms with van der Waals surface area (Å²) in [5.74, 6) is 0. The van der Waals surface area contributed by atoms with Gasteiger partial charge in [-0.05, 0) is 36.6 Å². The summed E-state index contributed by atoms with van der Waals surface area (Å²) in [6.07, 6.45) is 0. The van der Waals surface area contributed by atoms with Crippen molar-refractivity contribution in [1.82, 2.24) is 9.97 Å². The number of hydrogen-bond acceptors (Lipinski definition) is 3. The first-order chi connectivity index (χ1) is 14.2. The number of para-hydroxylation sites is 2. The lowest BCUT2D eigenvalue weighted by Gasteiger charge is -2.04. The van der Waals surface area contributed by atoms with Crippen LogP contribution in [0.15, 0.2) is 75.3 Å². The summed E-state index contributed by atoms with van der Waals surface area (Å²) < 4.78 is 5.71. The van der Waals surface area contributed by atoms with E-state index in [2.05, 4.69) is 35.1 Å². The SMILES string of the molecule is Cc1[nH]c2ccccc2c1-c1c(-c2cccs2)[nH]c2c1c(=O)oc1ccccc12. The standard InChI is InChI=1S/C24H16N2O2S/c1-13-19(14-7-2-4-9-16(14)25-13)20-21-22(26-23(20)18-11-6-12-29-18)15-8-3-5-10-17(15)28-24(21)27/h2-12,25-26H,1H3. The van der Waals surface area contributed by atoms with E-state index in [9.17, 15) is 4.79 Å². The molecule has 2 N–H and O–H groups in total. The number of H-pyrrole nitrogens is 2. The van der Waals surface area contributed by atoms with E-state index in [0.717, 1.165) is 49.2 Å². The van der Waals surface area contributed by atoms with E-state index in [-0.39, 0.29) is 5.63 Å². The maximum atomic E-state index is 13.1. The van der Waals surface area contributed by atoms with E-state index < -0.39 is 0 Å². The summed E-state index contributed by atoms with van der Waals surface area (Å²) in [6, 6.07) is 20.0. The third kappa shape index (κ3) is 2.28. The number of aromatic amines is 2. The molecule has 5 heteroatoms. The summed E-state index contributed by atoms with van der Waals surface area (Å²) in [7, 11) is 0. The van der Waals surface area contributed by atoms with Gasteiger partial charge in [-0.2, -0.15) is 0 Å². The zero-order valence-corrected chi connectivity index (χ0v) is 16.4. The molecule has 0 spiro atoms. The molecule has 0 radical (unpaired) electrons. The van der Waals surface area contributed by atoms with Crippen LogP contribution in [-0.4, -0.2) is 9.97 Å². The topological polar surface area (TPSA) is 61.8 Å². The van der Waals surface area contributed by atoms with Gasteiger partial charge >= 0.3 is 5.63 Å². The Bertz CT molecular complexity index is 1580. The molecule has 0 unspecified atom stereocenters. The predicted octanol–water partition coefficient (Wildman–Crippen LogP) is 6.46. The van der Waals surface area contributed by atoms with Crippen LogP contribution in [0.1, 0.15) is 5.69 Å². The van der Waals surface area contributed by atoms with E-state index in [1.807, 2.05) is 47.8 Å². The minimum atomic E-state index is -0.322. The molecule has 2 aromatic carbocycles. The van der Waals surface area contributed by atoms with E-state index >= 15 is 0 Å². The molecule has 6 rings (SSSR count). The largest absolute Gasteiger partial charge is 0.422 e. The van der Waals surface area contributed by atoms with Gasteiger partial charge in [0, 0.05) is 33.1 Å². The molecule has 0 aliphatic rings. The lowest BCUT2D eigenvalue weighted by molar-refractivity contribution is 0.570. The molecule has 0 aliphatic carbocycles. The van der Waals surface area contributed by atoms with Gasteiger partial charge in [0.15, 0.2) is 0 Å². The summed E-state index contributed by atoms with van der Waals surface area (Å²) in [6.45, 7) is 2.05. The van der Waals surface area contributed by atoms with Crippen LogP contribution < -0.4 is 5.63 Å². The molecule has 140 valence electrons. The fourth-order valence-corrected chi connectivity index (χ4v) is 5.01. The number of aromatic nitrogens is 2. The highest BCUT2D eigenvalue weighted by Gasteiger charge is 2.24. The van der Waals surface area contributed by atoms with Gasteiger partial charge in [0.05, 0.1) is 21.5 Å². The van der Waals surface area contributed by atoms with Crippen LogP contribution in [0.5, 0.6) is 0 Å². The first-order valence-electron chi connectivity index (χ1n) is 9.41. The zero-order chi connectivity index (χ0) is 19.5. The van der Waals surface area contributed by atoms with Crippen molar-refractivity contribution in [2.45, 2.75) is 6.92 Å². The highest BCUT2D eigenvalue weighted by atomic mass is 32.1. The fourth-order valence-electron chi connectivity index (χ4n) is 4.27. The van der Waals surface area contributed by atoms with Gasteiger partial charge in [-0.3, -0.25) is 0 Å². The Kier molecular flexibility index (Phi) is 3.37. The van der Waals surface area contributed by atoms with E-state index in [4.69, 9.17) is 4.42 Å².